The van der Waals surface area contributed by atoms with E-state index in [9.17, 15) is 13.2 Å². The van der Waals surface area contributed by atoms with E-state index < -0.39 is 10.0 Å². The maximum absolute atomic E-state index is 12.6. The second kappa shape index (κ2) is 8.76. The molecule has 0 spiro atoms. The molecule has 0 bridgehead atoms. The molecule has 0 fully saturated rings. The molecule has 1 amide bonds. The van der Waals surface area contributed by atoms with Crippen molar-refractivity contribution in [3.63, 3.8) is 0 Å². The zero-order chi connectivity index (χ0) is 20.9. The van der Waals surface area contributed by atoms with Crippen molar-refractivity contribution < 1.29 is 22.7 Å². The molecule has 0 aromatic heterocycles. The Balaban J connectivity index is 1.75. The van der Waals surface area contributed by atoms with E-state index in [2.05, 4.69) is 5.32 Å². The Bertz CT molecular complexity index is 1100. The summed E-state index contributed by atoms with van der Waals surface area (Å²) in [6, 6.07) is 20.0. The summed E-state index contributed by atoms with van der Waals surface area (Å²) in [5, 5.41) is 7.79. The first-order chi connectivity index (χ1) is 13.9. The molecule has 150 valence electrons. The number of para-hydroxylation sites is 1. The number of sulfonamides is 1. The fraction of sp³-hybridized carbons (Fsp3) is 0.0952. The van der Waals surface area contributed by atoms with Crippen LogP contribution in [-0.2, 0) is 16.6 Å². The lowest BCUT2D eigenvalue weighted by Gasteiger charge is -2.12. The van der Waals surface area contributed by atoms with Gasteiger partial charge in [0, 0.05) is 16.8 Å². The van der Waals surface area contributed by atoms with Gasteiger partial charge in [-0.1, -0.05) is 18.2 Å². The fourth-order valence-corrected chi connectivity index (χ4v) is 3.16. The smallest absolute Gasteiger partial charge is 0.255 e. The molecule has 0 heterocycles. The lowest BCUT2D eigenvalue weighted by molar-refractivity contribution is 0.102. The number of hydrogen-bond acceptors (Lipinski definition) is 5. The van der Waals surface area contributed by atoms with E-state index in [4.69, 9.17) is 14.6 Å². The normalized spacial score (nSPS) is 11.0. The average molecular weight is 412 g/mol. The highest BCUT2D eigenvalue weighted by Crippen LogP contribution is 2.23. The Labute approximate surface area is 169 Å². The highest BCUT2D eigenvalue weighted by molar-refractivity contribution is 7.89. The first-order valence-electron chi connectivity index (χ1n) is 8.66. The van der Waals surface area contributed by atoms with Gasteiger partial charge in [0.05, 0.1) is 12.0 Å². The third kappa shape index (κ3) is 5.34. The maximum Gasteiger partial charge on any atom is 0.255 e. The number of carbonyl (C=O) groups is 1. The number of carbonyl (C=O) groups excluding carboxylic acids is 1. The molecule has 0 saturated heterocycles. The number of primary sulfonamides is 1. The molecule has 3 rings (SSSR count). The number of methoxy groups -OCH3 is 1. The third-order valence-electron chi connectivity index (χ3n) is 4.12. The molecule has 29 heavy (non-hydrogen) atoms. The van der Waals surface area contributed by atoms with Gasteiger partial charge in [-0.2, -0.15) is 0 Å². The van der Waals surface area contributed by atoms with Gasteiger partial charge in [0.2, 0.25) is 10.0 Å². The zero-order valence-corrected chi connectivity index (χ0v) is 16.5. The number of ether oxygens (including phenoxy) is 2. The summed E-state index contributed by atoms with van der Waals surface area (Å²) in [5.74, 6) is 0.964. The van der Waals surface area contributed by atoms with Gasteiger partial charge in [-0.15, -0.1) is 0 Å². The minimum atomic E-state index is -3.78. The van der Waals surface area contributed by atoms with Crippen molar-refractivity contribution in [2.24, 2.45) is 5.14 Å². The van der Waals surface area contributed by atoms with Gasteiger partial charge in [-0.25, -0.2) is 13.6 Å². The second-order valence-corrected chi connectivity index (χ2v) is 7.71. The molecule has 3 N–H and O–H groups in total. The van der Waals surface area contributed by atoms with Crippen LogP contribution in [0.4, 0.5) is 5.69 Å². The zero-order valence-electron chi connectivity index (χ0n) is 15.7. The minimum absolute atomic E-state index is 0.0275. The molecule has 0 atom stereocenters. The number of amides is 1. The first kappa shape index (κ1) is 20.4. The van der Waals surface area contributed by atoms with Crippen molar-refractivity contribution in [2.45, 2.75) is 11.5 Å². The number of nitrogens with two attached hydrogens (primary N) is 1. The Hall–Kier alpha value is -3.36. The van der Waals surface area contributed by atoms with Gasteiger partial charge in [0.1, 0.15) is 18.1 Å². The molecule has 0 radical (unpaired) electrons. The van der Waals surface area contributed by atoms with E-state index in [-0.39, 0.29) is 17.4 Å². The van der Waals surface area contributed by atoms with Crippen LogP contribution < -0.4 is 19.9 Å². The van der Waals surface area contributed by atoms with Crippen molar-refractivity contribution in [2.75, 3.05) is 12.4 Å². The Morgan fingerprint density at radius 1 is 1.00 bits per heavy atom. The molecule has 0 unspecified atom stereocenters. The van der Waals surface area contributed by atoms with Crippen LogP contribution in [0, 0.1) is 0 Å². The van der Waals surface area contributed by atoms with Crippen LogP contribution in [-0.4, -0.2) is 21.4 Å². The lowest BCUT2D eigenvalue weighted by atomic mass is 10.1. The van der Waals surface area contributed by atoms with Gasteiger partial charge in [-0.05, 0) is 54.6 Å². The first-order valence-corrected chi connectivity index (χ1v) is 10.2. The monoisotopic (exact) mass is 412 g/mol. The summed E-state index contributed by atoms with van der Waals surface area (Å²) in [6.07, 6.45) is 0. The van der Waals surface area contributed by atoms with E-state index in [1.54, 1.807) is 25.3 Å². The lowest BCUT2D eigenvalue weighted by Crippen LogP contribution is -2.14. The average Bonchev–Trinajstić information content (AvgIpc) is 2.72. The Morgan fingerprint density at radius 2 is 1.69 bits per heavy atom. The van der Waals surface area contributed by atoms with Crippen LogP contribution in [0.15, 0.2) is 77.7 Å². The summed E-state index contributed by atoms with van der Waals surface area (Å²) in [6.45, 7) is 0.233. The number of anilines is 1. The number of hydrogen-bond donors (Lipinski definition) is 2. The summed E-state index contributed by atoms with van der Waals surface area (Å²) in [4.78, 5) is 12.6. The summed E-state index contributed by atoms with van der Waals surface area (Å²) < 4.78 is 33.7. The highest BCUT2D eigenvalue weighted by atomic mass is 32.2. The van der Waals surface area contributed by atoms with Crippen LogP contribution >= 0.6 is 0 Å². The Morgan fingerprint density at radius 3 is 2.31 bits per heavy atom. The molecule has 3 aromatic rings. The topological polar surface area (TPSA) is 108 Å². The van der Waals surface area contributed by atoms with Gasteiger partial charge >= 0.3 is 0 Å². The van der Waals surface area contributed by atoms with Crippen molar-refractivity contribution in [1.82, 2.24) is 0 Å². The maximum atomic E-state index is 12.6. The Kier molecular flexibility index (Phi) is 6.16. The van der Waals surface area contributed by atoms with Crippen LogP contribution in [0.5, 0.6) is 11.5 Å². The second-order valence-electron chi connectivity index (χ2n) is 6.15. The van der Waals surface area contributed by atoms with Gasteiger partial charge in [-0.3, -0.25) is 4.79 Å². The van der Waals surface area contributed by atoms with Gasteiger partial charge in [0.15, 0.2) is 0 Å². The molecule has 3 aromatic carbocycles. The minimum Gasteiger partial charge on any atom is -0.496 e. The van der Waals surface area contributed by atoms with Crippen LogP contribution in [0.25, 0.3) is 0 Å². The standard InChI is InChI=1S/C21H20N2O5S/c1-27-20-12-7-15(13-16(20)14-28-18-5-3-2-4-6-18)21(24)23-17-8-10-19(11-9-17)29(22,25)26/h2-13H,14H2,1H3,(H,23,24)(H2,22,25,26). The quantitative estimate of drug-likeness (QED) is 0.620. The van der Waals surface area contributed by atoms with E-state index >= 15 is 0 Å². The molecule has 0 aliphatic carbocycles. The fourth-order valence-electron chi connectivity index (χ4n) is 2.64. The number of rotatable bonds is 7. The van der Waals surface area contributed by atoms with Crippen LogP contribution in [0.2, 0.25) is 0 Å². The van der Waals surface area contributed by atoms with Crippen molar-refractivity contribution in [1.29, 1.82) is 0 Å². The molecule has 0 aliphatic rings. The highest BCUT2D eigenvalue weighted by Gasteiger charge is 2.12. The van der Waals surface area contributed by atoms with Crippen LogP contribution in [0.3, 0.4) is 0 Å². The molecular formula is C21H20N2O5S. The number of nitrogens with one attached hydrogen (secondary N) is 1. The molecule has 8 heteroatoms. The molecular weight excluding hydrogens is 392 g/mol. The van der Waals surface area contributed by atoms with Gasteiger partial charge in [0.25, 0.3) is 5.91 Å². The number of benzene rings is 3. The SMILES string of the molecule is COc1ccc(C(=O)Nc2ccc(S(N)(=O)=O)cc2)cc1COc1ccccc1. The van der Waals surface area contributed by atoms with Crippen LogP contribution in [0.1, 0.15) is 15.9 Å². The molecule has 7 nitrogen and oxygen atoms in total. The predicted molar refractivity (Wildman–Crippen MR) is 110 cm³/mol. The van der Waals surface area contributed by atoms with Crippen molar-refractivity contribution >= 4 is 21.6 Å². The largest absolute Gasteiger partial charge is 0.496 e. The summed E-state index contributed by atoms with van der Waals surface area (Å²) >= 11 is 0. The van der Waals surface area contributed by atoms with Crippen molar-refractivity contribution in [3.8, 4) is 11.5 Å². The summed E-state index contributed by atoms with van der Waals surface area (Å²) in [5.41, 5.74) is 1.57. The molecule has 0 saturated carbocycles. The van der Waals surface area contributed by atoms with E-state index in [1.165, 1.54) is 24.3 Å². The van der Waals surface area contributed by atoms with Crippen molar-refractivity contribution in [3.05, 3.63) is 83.9 Å². The third-order valence-corrected chi connectivity index (χ3v) is 5.05. The van der Waals surface area contributed by atoms with Gasteiger partial charge < -0.3 is 14.8 Å². The summed E-state index contributed by atoms with van der Waals surface area (Å²) in [7, 11) is -2.23. The predicted octanol–water partition coefficient (Wildman–Crippen LogP) is 3.17. The van der Waals surface area contributed by atoms with E-state index in [0.29, 0.717) is 28.3 Å². The molecule has 0 aliphatic heterocycles. The van der Waals surface area contributed by atoms with E-state index in [0.717, 1.165) is 0 Å². The van der Waals surface area contributed by atoms with E-state index in [1.807, 2.05) is 30.3 Å².